The van der Waals surface area contributed by atoms with Crippen molar-refractivity contribution in [2.45, 2.75) is 31.2 Å². The molecule has 6 heteroatoms. The molecule has 0 aromatic heterocycles. The fourth-order valence-corrected chi connectivity index (χ4v) is 3.46. The van der Waals surface area contributed by atoms with E-state index in [4.69, 9.17) is 9.84 Å². The van der Waals surface area contributed by atoms with E-state index < -0.39 is 12.0 Å². The van der Waals surface area contributed by atoms with Crippen LogP contribution in [0.5, 0.6) is 5.75 Å². The molecule has 0 aliphatic carbocycles. The Bertz CT molecular complexity index is 494. The number of hydrogen-bond donors (Lipinski definition) is 1. The maximum Gasteiger partial charge on any atom is 0.327 e. The Morgan fingerprint density at radius 1 is 1.38 bits per heavy atom. The lowest BCUT2D eigenvalue weighted by Gasteiger charge is -2.25. The Hall–Kier alpha value is -1.69. The molecular weight excluding hydrogens is 290 g/mol. The molecule has 0 saturated carbocycles. The van der Waals surface area contributed by atoms with Gasteiger partial charge >= 0.3 is 5.97 Å². The quantitative estimate of drug-likeness (QED) is 0.816. The van der Waals surface area contributed by atoms with E-state index in [1.807, 2.05) is 37.3 Å². The van der Waals surface area contributed by atoms with E-state index in [0.717, 1.165) is 5.75 Å². The number of thioether (sulfide) groups is 1. The molecular formula is C15H19NO4S. The molecule has 1 N–H and O–H groups in total. The summed E-state index contributed by atoms with van der Waals surface area (Å²) in [4.78, 5) is 24.8. The van der Waals surface area contributed by atoms with Gasteiger partial charge in [0.25, 0.3) is 0 Å². The number of aliphatic carboxylic acids is 1. The second kappa shape index (κ2) is 7.36. The van der Waals surface area contributed by atoms with Crippen LogP contribution in [0.2, 0.25) is 0 Å². The third kappa shape index (κ3) is 4.14. The highest BCUT2D eigenvalue weighted by atomic mass is 32.2. The van der Waals surface area contributed by atoms with Gasteiger partial charge in [-0.2, -0.15) is 0 Å². The number of benzene rings is 1. The molecule has 2 rings (SSSR count). The van der Waals surface area contributed by atoms with Crippen molar-refractivity contribution in [3.05, 3.63) is 30.3 Å². The highest BCUT2D eigenvalue weighted by Crippen LogP contribution is 2.29. The fraction of sp³-hybridized carbons (Fsp3) is 0.467. The Kier molecular flexibility index (Phi) is 5.50. The van der Waals surface area contributed by atoms with Gasteiger partial charge in [0.15, 0.2) is 0 Å². The number of carboxylic acid groups (broad SMARTS) is 1. The summed E-state index contributed by atoms with van der Waals surface area (Å²) in [6.45, 7) is 2.31. The second-order valence-electron chi connectivity index (χ2n) is 4.85. The number of carbonyl (C=O) groups excluding carboxylic acids is 1. The molecule has 1 aromatic rings. The van der Waals surface area contributed by atoms with Crippen molar-refractivity contribution in [3.63, 3.8) is 0 Å². The van der Waals surface area contributed by atoms with E-state index in [1.54, 1.807) is 0 Å². The monoisotopic (exact) mass is 309 g/mol. The number of amides is 1. The van der Waals surface area contributed by atoms with Gasteiger partial charge in [0.2, 0.25) is 5.91 Å². The summed E-state index contributed by atoms with van der Waals surface area (Å²) >= 11 is 1.50. The van der Waals surface area contributed by atoms with E-state index in [9.17, 15) is 9.59 Å². The summed E-state index contributed by atoms with van der Waals surface area (Å²) in [5.74, 6) is 0.193. The highest BCUT2D eigenvalue weighted by Gasteiger charge is 2.38. The summed E-state index contributed by atoms with van der Waals surface area (Å²) in [5.41, 5.74) is 0. The predicted molar refractivity (Wildman–Crippen MR) is 81.4 cm³/mol. The number of hydrogen-bond acceptors (Lipinski definition) is 4. The molecule has 1 heterocycles. The van der Waals surface area contributed by atoms with E-state index in [1.165, 1.54) is 16.7 Å². The van der Waals surface area contributed by atoms with Crippen LogP contribution in [0.4, 0.5) is 0 Å². The number of ether oxygens (including phenoxy) is 1. The highest BCUT2D eigenvalue weighted by molar-refractivity contribution is 8.00. The minimum absolute atomic E-state index is 0.0753. The first kappa shape index (κ1) is 15.7. The van der Waals surface area contributed by atoms with Gasteiger partial charge in [0.1, 0.15) is 11.8 Å². The molecule has 5 nitrogen and oxygen atoms in total. The van der Waals surface area contributed by atoms with Crippen LogP contribution in [0, 0.1) is 0 Å². The van der Waals surface area contributed by atoms with E-state index >= 15 is 0 Å². The molecule has 1 aromatic carbocycles. The van der Waals surface area contributed by atoms with Crippen molar-refractivity contribution in [1.29, 1.82) is 0 Å². The number of rotatable bonds is 6. The zero-order chi connectivity index (χ0) is 15.2. The molecule has 1 aliphatic rings. The van der Waals surface area contributed by atoms with Crippen LogP contribution < -0.4 is 4.74 Å². The molecule has 0 spiro atoms. The van der Waals surface area contributed by atoms with Crippen molar-refractivity contribution in [1.82, 2.24) is 4.90 Å². The maximum absolute atomic E-state index is 12.2. The number of carboxylic acids is 1. The minimum Gasteiger partial charge on any atom is -0.494 e. The van der Waals surface area contributed by atoms with Crippen molar-refractivity contribution in [3.8, 4) is 5.75 Å². The molecule has 0 radical (unpaired) electrons. The molecule has 21 heavy (non-hydrogen) atoms. The lowest BCUT2D eigenvalue weighted by Crippen LogP contribution is -2.44. The standard InChI is InChI=1S/C15H19NO4S/c1-11-16(13(10-21-11)15(18)19)14(17)8-5-9-20-12-6-3-2-4-7-12/h2-4,6-7,11,13H,5,8-10H2,1H3,(H,18,19). The van der Waals surface area contributed by atoms with Crippen molar-refractivity contribution in [2.24, 2.45) is 0 Å². The topological polar surface area (TPSA) is 66.8 Å². The molecule has 114 valence electrons. The fourth-order valence-electron chi connectivity index (χ4n) is 2.27. The Morgan fingerprint density at radius 2 is 2.10 bits per heavy atom. The summed E-state index contributed by atoms with van der Waals surface area (Å²) in [6, 6.07) is 8.72. The van der Waals surface area contributed by atoms with E-state index in [0.29, 0.717) is 25.2 Å². The molecule has 2 unspecified atom stereocenters. The smallest absolute Gasteiger partial charge is 0.327 e. The lowest BCUT2D eigenvalue weighted by atomic mass is 10.2. The third-order valence-corrected chi connectivity index (χ3v) is 4.56. The Labute approximate surface area is 128 Å². The van der Waals surface area contributed by atoms with Gasteiger partial charge in [0.05, 0.1) is 12.0 Å². The molecule has 1 saturated heterocycles. The zero-order valence-electron chi connectivity index (χ0n) is 11.9. The maximum atomic E-state index is 12.2. The van der Waals surface area contributed by atoms with E-state index in [-0.39, 0.29) is 11.3 Å². The summed E-state index contributed by atoms with van der Waals surface area (Å²) < 4.78 is 5.53. The van der Waals surface area contributed by atoms with Gasteiger partial charge in [-0.3, -0.25) is 4.79 Å². The van der Waals surface area contributed by atoms with Crippen molar-refractivity contribution in [2.75, 3.05) is 12.4 Å². The Morgan fingerprint density at radius 3 is 2.76 bits per heavy atom. The summed E-state index contributed by atoms with van der Waals surface area (Å²) in [6.07, 6.45) is 0.884. The number of nitrogens with zero attached hydrogens (tertiary/aromatic N) is 1. The first-order chi connectivity index (χ1) is 10.1. The van der Waals surface area contributed by atoms with E-state index in [2.05, 4.69) is 0 Å². The van der Waals surface area contributed by atoms with Crippen LogP contribution >= 0.6 is 11.8 Å². The van der Waals surface area contributed by atoms with Gasteiger partial charge < -0.3 is 14.7 Å². The number of carbonyl (C=O) groups is 2. The van der Waals surface area contributed by atoms with Crippen molar-refractivity contribution < 1.29 is 19.4 Å². The minimum atomic E-state index is -0.930. The van der Waals surface area contributed by atoms with Gasteiger partial charge in [-0.1, -0.05) is 18.2 Å². The zero-order valence-corrected chi connectivity index (χ0v) is 12.7. The Balaban J connectivity index is 1.77. The SMILES string of the molecule is CC1SCC(C(=O)O)N1C(=O)CCCOc1ccccc1. The number of para-hydroxylation sites is 1. The third-order valence-electron chi connectivity index (χ3n) is 3.34. The second-order valence-corrected chi connectivity index (χ2v) is 6.20. The first-order valence-electron chi connectivity index (χ1n) is 6.93. The molecule has 2 atom stereocenters. The predicted octanol–water partition coefficient (Wildman–Crippen LogP) is 2.22. The van der Waals surface area contributed by atoms with Crippen LogP contribution in [0.3, 0.4) is 0 Å². The lowest BCUT2D eigenvalue weighted by molar-refractivity contribution is -0.149. The molecule has 1 amide bonds. The van der Waals surface area contributed by atoms with Gasteiger partial charge in [-0.05, 0) is 25.5 Å². The van der Waals surface area contributed by atoms with Crippen LogP contribution in [-0.2, 0) is 9.59 Å². The average molecular weight is 309 g/mol. The molecule has 1 fully saturated rings. The molecule has 0 bridgehead atoms. The largest absolute Gasteiger partial charge is 0.494 e. The normalized spacial score (nSPS) is 21.3. The average Bonchev–Trinajstić information content (AvgIpc) is 2.86. The first-order valence-corrected chi connectivity index (χ1v) is 7.98. The van der Waals surface area contributed by atoms with Crippen LogP contribution in [0.15, 0.2) is 30.3 Å². The van der Waals surface area contributed by atoms with Crippen molar-refractivity contribution >= 4 is 23.6 Å². The van der Waals surface area contributed by atoms with Crippen LogP contribution in [0.25, 0.3) is 0 Å². The van der Waals surface area contributed by atoms with Crippen LogP contribution in [0.1, 0.15) is 19.8 Å². The summed E-state index contributed by atoms with van der Waals surface area (Å²) in [5, 5.41) is 9.06. The van der Waals surface area contributed by atoms with Gasteiger partial charge in [0, 0.05) is 12.2 Å². The van der Waals surface area contributed by atoms with Crippen LogP contribution in [-0.4, -0.2) is 45.7 Å². The molecule has 1 aliphatic heterocycles. The van der Waals surface area contributed by atoms with Gasteiger partial charge in [-0.15, -0.1) is 11.8 Å². The van der Waals surface area contributed by atoms with Gasteiger partial charge in [-0.25, -0.2) is 4.79 Å². The summed E-state index contributed by atoms with van der Waals surface area (Å²) in [7, 11) is 0.